The molecule has 1 aromatic carbocycles. The van der Waals surface area contributed by atoms with Crippen molar-refractivity contribution in [1.82, 2.24) is 4.90 Å². The van der Waals surface area contributed by atoms with Gasteiger partial charge in [-0.2, -0.15) is 0 Å². The summed E-state index contributed by atoms with van der Waals surface area (Å²) >= 11 is 0. The zero-order valence-electron chi connectivity index (χ0n) is 10.5. The largest absolute Gasteiger partial charge is 0.399 e. The number of amides is 1. The molecule has 0 aromatic heterocycles. The Morgan fingerprint density at radius 3 is 2.67 bits per heavy atom. The second-order valence-electron chi connectivity index (χ2n) is 5.16. The van der Waals surface area contributed by atoms with Crippen LogP contribution in [-0.2, 0) is 0 Å². The molecule has 0 aliphatic carbocycles. The van der Waals surface area contributed by atoms with Crippen molar-refractivity contribution in [1.29, 1.82) is 0 Å². The number of carbonyl (C=O) groups excluding carboxylic acids is 1. The number of halogens is 1. The molecule has 2 rings (SSSR count). The Morgan fingerprint density at radius 1 is 1.50 bits per heavy atom. The summed E-state index contributed by atoms with van der Waals surface area (Å²) in [6.07, 6.45) is 0. The van der Waals surface area contributed by atoms with Gasteiger partial charge in [-0.15, -0.1) is 0 Å². The second kappa shape index (κ2) is 4.24. The van der Waals surface area contributed by atoms with Crippen LogP contribution in [0.2, 0.25) is 0 Å². The van der Waals surface area contributed by atoms with Crippen LogP contribution in [0.3, 0.4) is 0 Å². The number of aliphatic hydroxyl groups is 1. The van der Waals surface area contributed by atoms with E-state index in [-0.39, 0.29) is 24.6 Å². The number of rotatable bonds is 2. The summed E-state index contributed by atoms with van der Waals surface area (Å²) in [5.41, 5.74) is 4.99. The molecule has 5 heteroatoms. The summed E-state index contributed by atoms with van der Waals surface area (Å²) in [5, 5.41) is 10.1. The minimum atomic E-state index is -0.855. The molecule has 0 spiro atoms. The summed E-state index contributed by atoms with van der Waals surface area (Å²) in [6.45, 7) is 4.25. The lowest BCUT2D eigenvalue weighted by atomic mass is 9.82. The van der Waals surface area contributed by atoms with Gasteiger partial charge >= 0.3 is 0 Å². The van der Waals surface area contributed by atoms with Gasteiger partial charge in [-0.3, -0.25) is 4.79 Å². The topological polar surface area (TPSA) is 66.6 Å². The number of hydrogen-bond acceptors (Lipinski definition) is 3. The first-order chi connectivity index (χ1) is 8.33. The Kier molecular flexibility index (Phi) is 3.02. The minimum absolute atomic E-state index is 0.0409. The summed E-state index contributed by atoms with van der Waals surface area (Å²) in [4.78, 5) is 13.5. The molecule has 1 amide bonds. The maximum atomic E-state index is 13.5. The van der Waals surface area contributed by atoms with E-state index >= 15 is 0 Å². The molecule has 98 valence electrons. The summed E-state index contributed by atoms with van der Waals surface area (Å²) in [7, 11) is 0. The first-order valence-corrected chi connectivity index (χ1v) is 5.90. The highest BCUT2D eigenvalue weighted by Gasteiger charge is 2.46. The Balaban J connectivity index is 2.13. The Bertz CT molecular complexity index is 482. The van der Waals surface area contributed by atoms with Crippen molar-refractivity contribution in [2.24, 2.45) is 5.92 Å². The van der Waals surface area contributed by atoms with E-state index in [2.05, 4.69) is 0 Å². The van der Waals surface area contributed by atoms with Gasteiger partial charge in [0, 0.05) is 5.69 Å². The summed E-state index contributed by atoms with van der Waals surface area (Å²) in [6, 6.07) is 3.91. The first-order valence-electron chi connectivity index (χ1n) is 5.90. The number of nitrogen functional groups attached to an aromatic ring is 1. The van der Waals surface area contributed by atoms with Gasteiger partial charge in [0.25, 0.3) is 5.91 Å². The van der Waals surface area contributed by atoms with E-state index in [1.54, 1.807) is 0 Å². The lowest BCUT2D eigenvalue weighted by Crippen LogP contribution is -2.66. The van der Waals surface area contributed by atoms with Gasteiger partial charge < -0.3 is 15.7 Å². The molecule has 1 aliphatic rings. The number of nitrogens with zero attached hydrogens (tertiary/aromatic N) is 1. The maximum Gasteiger partial charge on any atom is 0.257 e. The van der Waals surface area contributed by atoms with Crippen molar-refractivity contribution in [3.05, 3.63) is 29.6 Å². The fraction of sp³-hybridized carbons (Fsp3) is 0.462. The Morgan fingerprint density at radius 2 is 2.11 bits per heavy atom. The number of β-amino-alcohol motifs (C(OH)–C–C–N with tert-alkyl or cyclic N) is 1. The van der Waals surface area contributed by atoms with E-state index in [1.165, 1.54) is 23.1 Å². The average Bonchev–Trinajstić information content (AvgIpc) is 2.27. The van der Waals surface area contributed by atoms with Crippen LogP contribution in [0.4, 0.5) is 10.1 Å². The van der Waals surface area contributed by atoms with E-state index in [1.807, 2.05) is 13.8 Å². The second-order valence-corrected chi connectivity index (χ2v) is 5.16. The third-order valence-corrected chi connectivity index (χ3v) is 3.51. The number of benzene rings is 1. The van der Waals surface area contributed by atoms with Crippen molar-refractivity contribution in [3.8, 4) is 0 Å². The van der Waals surface area contributed by atoms with Gasteiger partial charge in [0.2, 0.25) is 0 Å². The summed E-state index contributed by atoms with van der Waals surface area (Å²) < 4.78 is 13.5. The number of carbonyl (C=O) groups is 1. The molecule has 4 nitrogen and oxygen atoms in total. The molecule has 0 unspecified atom stereocenters. The molecule has 1 aromatic rings. The number of nitrogens with two attached hydrogens (primary N) is 1. The molecule has 1 heterocycles. The number of anilines is 1. The van der Waals surface area contributed by atoms with Crippen LogP contribution >= 0.6 is 0 Å². The van der Waals surface area contributed by atoms with Gasteiger partial charge in [-0.05, 0) is 24.1 Å². The van der Waals surface area contributed by atoms with E-state index < -0.39 is 17.3 Å². The fourth-order valence-corrected chi connectivity index (χ4v) is 2.00. The van der Waals surface area contributed by atoms with Crippen molar-refractivity contribution in [2.45, 2.75) is 19.4 Å². The highest BCUT2D eigenvalue weighted by atomic mass is 19.1. The van der Waals surface area contributed by atoms with Crippen LogP contribution in [0.15, 0.2) is 18.2 Å². The molecule has 0 radical (unpaired) electrons. The van der Waals surface area contributed by atoms with Crippen LogP contribution in [0, 0.1) is 11.7 Å². The Labute approximate surface area is 105 Å². The van der Waals surface area contributed by atoms with E-state index in [0.717, 1.165) is 0 Å². The third-order valence-electron chi connectivity index (χ3n) is 3.51. The molecular weight excluding hydrogens is 235 g/mol. The van der Waals surface area contributed by atoms with Crippen LogP contribution < -0.4 is 5.73 Å². The zero-order chi connectivity index (χ0) is 13.5. The molecule has 18 heavy (non-hydrogen) atoms. The average molecular weight is 252 g/mol. The molecule has 0 saturated carbocycles. The van der Waals surface area contributed by atoms with Gasteiger partial charge in [0.1, 0.15) is 11.4 Å². The van der Waals surface area contributed by atoms with Crippen LogP contribution in [-0.4, -0.2) is 34.6 Å². The number of hydrogen-bond donors (Lipinski definition) is 2. The lowest BCUT2D eigenvalue weighted by molar-refractivity contribution is -0.111. The molecule has 3 N–H and O–H groups in total. The van der Waals surface area contributed by atoms with Crippen molar-refractivity contribution in [3.63, 3.8) is 0 Å². The smallest absolute Gasteiger partial charge is 0.257 e. The standard InChI is InChI=1S/C13H17FN2O2/c1-8(2)13(18)6-16(7-13)12(17)10-5-9(15)3-4-11(10)14/h3-5,8,18H,6-7,15H2,1-2H3. The molecule has 1 fully saturated rings. The molecular formula is C13H17FN2O2. The monoisotopic (exact) mass is 252 g/mol. The molecule has 1 saturated heterocycles. The maximum absolute atomic E-state index is 13.5. The van der Waals surface area contributed by atoms with Gasteiger partial charge in [-0.1, -0.05) is 13.8 Å². The van der Waals surface area contributed by atoms with Crippen molar-refractivity contribution in [2.75, 3.05) is 18.8 Å². The van der Waals surface area contributed by atoms with Crippen LogP contribution in [0.5, 0.6) is 0 Å². The highest BCUT2D eigenvalue weighted by molar-refractivity contribution is 5.96. The summed E-state index contributed by atoms with van der Waals surface area (Å²) in [5.74, 6) is -0.952. The van der Waals surface area contributed by atoms with Crippen LogP contribution in [0.1, 0.15) is 24.2 Å². The van der Waals surface area contributed by atoms with Gasteiger partial charge in [-0.25, -0.2) is 4.39 Å². The molecule has 0 atom stereocenters. The van der Waals surface area contributed by atoms with Crippen molar-refractivity contribution >= 4 is 11.6 Å². The SMILES string of the molecule is CC(C)C1(O)CN(C(=O)c2cc(N)ccc2F)C1. The highest BCUT2D eigenvalue weighted by Crippen LogP contribution is 2.30. The lowest BCUT2D eigenvalue weighted by Gasteiger charge is -2.49. The predicted octanol–water partition coefficient (Wildman–Crippen LogP) is 1.25. The first kappa shape index (κ1) is 12.8. The van der Waals surface area contributed by atoms with E-state index in [9.17, 15) is 14.3 Å². The van der Waals surface area contributed by atoms with Crippen molar-refractivity contribution < 1.29 is 14.3 Å². The van der Waals surface area contributed by atoms with Crippen LogP contribution in [0.25, 0.3) is 0 Å². The fourth-order valence-electron chi connectivity index (χ4n) is 2.00. The van der Waals surface area contributed by atoms with Gasteiger partial charge in [0.15, 0.2) is 0 Å². The van der Waals surface area contributed by atoms with Gasteiger partial charge in [0.05, 0.1) is 18.7 Å². The third kappa shape index (κ3) is 2.06. The minimum Gasteiger partial charge on any atom is -0.399 e. The number of likely N-dealkylation sites (tertiary alicyclic amines) is 1. The molecule has 1 aliphatic heterocycles. The quantitative estimate of drug-likeness (QED) is 0.778. The predicted molar refractivity (Wildman–Crippen MR) is 66.5 cm³/mol. The van der Waals surface area contributed by atoms with E-state index in [0.29, 0.717) is 5.69 Å². The van der Waals surface area contributed by atoms with E-state index in [4.69, 9.17) is 5.73 Å². The molecule has 0 bridgehead atoms. The normalized spacial score (nSPS) is 17.7. The zero-order valence-corrected chi connectivity index (χ0v) is 10.5. The Hall–Kier alpha value is -1.62.